The van der Waals surface area contributed by atoms with Gasteiger partial charge in [-0.2, -0.15) is 0 Å². The number of carbonyl (C=O) groups is 1. The van der Waals surface area contributed by atoms with Crippen LogP contribution in [-0.2, 0) is 23.4 Å². The summed E-state index contributed by atoms with van der Waals surface area (Å²) in [5.41, 5.74) is -0.662. The summed E-state index contributed by atoms with van der Waals surface area (Å²) in [6.07, 6.45) is 3.16. The Morgan fingerprint density at radius 3 is 2.42 bits per heavy atom. The van der Waals surface area contributed by atoms with E-state index >= 15 is 0 Å². The highest BCUT2D eigenvalue weighted by atomic mass is 31.2. The van der Waals surface area contributed by atoms with Gasteiger partial charge in [0.05, 0.1) is 5.60 Å². The van der Waals surface area contributed by atoms with Gasteiger partial charge >= 0.3 is 13.8 Å². The molecule has 0 spiro atoms. The van der Waals surface area contributed by atoms with E-state index in [-0.39, 0.29) is 5.57 Å². The summed E-state index contributed by atoms with van der Waals surface area (Å²) in [4.78, 5) is 24.8. The largest absolute Gasteiger partial charge is 0.509 e. The zero-order valence-electron chi connectivity index (χ0n) is 11.5. The quantitative estimate of drug-likeness (QED) is 0.363. The molecule has 1 unspecified atom stereocenters. The molecule has 1 N–H and O–H groups in total. The fraction of sp³-hybridized carbons (Fsp3) is 0.750. The number of hydrogen-bond acceptors (Lipinski definition) is 5. The van der Waals surface area contributed by atoms with Gasteiger partial charge in [-0.3, -0.25) is 9.41 Å². The Kier molecular flexibility index (Phi) is 5.33. The van der Waals surface area contributed by atoms with Crippen LogP contribution in [0.2, 0.25) is 0 Å². The normalized spacial score (nSPS) is 30.4. The van der Waals surface area contributed by atoms with Crippen molar-refractivity contribution in [1.82, 2.24) is 0 Å². The van der Waals surface area contributed by atoms with Crippen molar-refractivity contribution in [2.45, 2.75) is 52.1 Å². The fourth-order valence-electron chi connectivity index (χ4n) is 1.91. The Bertz CT molecular complexity index is 397. The molecule has 0 saturated heterocycles. The third-order valence-corrected chi connectivity index (χ3v) is 4.16. The first-order valence-electron chi connectivity index (χ1n) is 6.23. The Labute approximate surface area is 113 Å². The molecule has 6 nitrogen and oxygen atoms in total. The average Bonchev–Trinajstić information content (AvgIpc) is 2.29. The van der Waals surface area contributed by atoms with Crippen LogP contribution in [0.15, 0.2) is 12.2 Å². The Balaban J connectivity index is 2.52. The van der Waals surface area contributed by atoms with Gasteiger partial charge in [0.25, 0.3) is 0 Å². The van der Waals surface area contributed by atoms with E-state index in [0.717, 1.165) is 12.8 Å². The number of carbonyl (C=O) groups excluding carboxylic acids is 1. The van der Waals surface area contributed by atoms with Crippen LogP contribution in [-0.4, -0.2) is 16.5 Å². The van der Waals surface area contributed by atoms with Crippen LogP contribution in [0, 0.1) is 5.92 Å². The molecule has 0 aromatic carbocycles. The molecule has 19 heavy (non-hydrogen) atoms. The molecule has 7 heteroatoms. The van der Waals surface area contributed by atoms with E-state index in [9.17, 15) is 14.3 Å². The van der Waals surface area contributed by atoms with Gasteiger partial charge in [0.1, 0.15) is 0 Å². The van der Waals surface area contributed by atoms with Crippen molar-refractivity contribution < 1.29 is 28.3 Å². The maximum Gasteiger partial charge on any atom is 0.509 e. The second kappa shape index (κ2) is 6.18. The van der Waals surface area contributed by atoms with Crippen LogP contribution in [0.4, 0.5) is 0 Å². The first-order valence-corrected chi connectivity index (χ1v) is 7.73. The van der Waals surface area contributed by atoms with Crippen molar-refractivity contribution in [3.8, 4) is 0 Å². The molecule has 0 bridgehead atoms. The molecule has 110 valence electrons. The lowest BCUT2D eigenvalue weighted by molar-refractivity contribution is -0.222. The summed E-state index contributed by atoms with van der Waals surface area (Å²) >= 11 is 0. The molecule has 1 aliphatic rings. The predicted molar refractivity (Wildman–Crippen MR) is 68.9 cm³/mol. The molecular formula is C12H21O6P. The smallest absolute Gasteiger partial charge is 0.300 e. The van der Waals surface area contributed by atoms with E-state index in [1.54, 1.807) is 6.92 Å². The maximum absolute atomic E-state index is 11.7. The molecule has 1 rings (SSSR count). The first-order chi connectivity index (χ1) is 8.64. The Hall–Kier alpha value is -0.680. The van der Waals surface area contributed by atoms with Crippen molar-refractivity contribution in [1.29, 1.82) is 0 Å². The van der Waals surface area contributed by atoms with Gasteiger partial charge in [-0.1, -0.05) is 18.2 Å². The van der Waals surface area contributed by atoms with E-state index in [2.05, 4.69) is 23.1 Å². The van der Waals surface area contributed by atoms with Gasteiger partial charge in [0.2, 0.25) is 0 Å². The number of phosphoric ester groups is 1. The number of phosphoric acid groups is 1. The monoisotopic (exact) mass is 292 g/mol. The minimum atomic E-state index is -4.42. The number of hydrogen-bond donors (Lipinski definition) is 1. The van der Waals surface area contributed by atoms with Crippen molar-refractivity contribution in [3.05, 3.63) is 12.2 Å². The van der Waals surface area contributed by atoms with Gasteiger partial charge in [-0.25, -0.2) is 9.36 Å². The Morgan fingerprint density at radius 1 is 1.42 bits per heavy atom. The third kappa shape index (κ3) is 5.45. The van der Waals surface area contributed by atoms with Gasteiger partial charge in [-0.05, 0) is 45.4 Å². The minimum absolute atomic E-state index is 0.0673. The number of rotatable bonds is 5. The van der Waals surface area contributed by atoms with Gasteiger partial charge < -0.3 is 4.89 Å². The van der Waals surface area contributed by atoms with Gasteiger partial charge in [0, 0.05) is 5.57 Å². The van der Waals surface area contributed by atoms with Crippen molar-refractivity contribution >= 4 is 13.8 Å². The molecule has 0 amide bonds. The van der Waals surface area contributed by atoms with Crippen LogP contribution >= 0.6 is 7.82 Å². The lowest BCUT2D eigenvalue weighted by atomic mass is 9.81. The van der Waals surface area contributed by atoms with Gasteiger partial charge in [0.15, 0.2) is 0 Å². The molecule has 1 fully saturated rings. The molecule has 0 aromatic heterocycles. The minimum Gasteiger partial charge on any atom is -0.300 e. The summed E-state index contributed by atoms with van der Waals surface area (Å²) in [5.74, 6) is -0.322. The molecule has 0 heterocycles. The van der Waals surface area contributed by atoms with Crippen molar-refractivity contribution in [2.24, 2.45) is 5.92 Å². The van der Waals surface area contributed by atoms with E-state index in [1.165, 1.54) is 6.92 Å². The second-order valence-corrected chi connectivity index (χ2v) is 6.69. The average molecular weight is 292 g/mol. The van der Waals surface area contributed by atoms with Crippen LogP contribution in [0.5, 0.6) is 0 Å². The van der Waals surface area contributed by atoms with E-state index in [0.29, 0.717) is 18.8 Å². The maximum atomic E-state index is 11.7. The highest BCUT2D eigenvalue weighted by molar-refractivity contribution is 7.47. The fourth-order valence-corrected chi connectivity index (χ4v) is 2.84. The van der Waals surface area contributed by atoms with Crippen molar-refractivity contribution in [3.63, 3.8) is 0 Å². The van der Waals surface area contributed by atoms with Crippen LogP contribution in [0.25, 0.3) is 0 Å². The standard InChI is InChI=1S/C12H21O6P/c1-9(2)11(13)16-18-19(14,15)17-12(4)7-5-10(3)6-8-12/h10H,1,5-8H2,2-4H3,(H,14,15). The Morgan fingerprint density at radius 2 is 1.95 bits per heavy atom. The zero-order chi connectivity index (χ0) is 14.7. The topological polar surface area (TPSA) is 82.1 Å². The summed E-state index contributed by atoms with van der Waals surface area (Å²) in [6, 6.07) is 0. The van der Waals surface area contributed by atoms with Gasteiger partial charge in [-0.15, -0.1) is 0 Å². The lowest BCUT2D eigenvalue weighted by Crippen LogP contribution is -2.32. The molecule has 0 radical (unpaired) electrons. The highest BCUT2D eigenvalue weighted by Gasteiger charge is 2.39. The first kappa shape index (κ1) is 16.4. The summed E-state index contributed by atoms with van der Waals surface area (Å²) in [7, 11) is -4.42. The van der Waals surface area contributed by atoms with E-state index in [4.69, 9.17) is 4.52 Å². The predicted octanol–water partition coefficient (Wildman–Crippen LogP) is 3.12. The molecule has 1 aliphatic carbocycles. The molecule has 0 aliphatic heterocycles. The van der Waals surface area contributed by atoms with Crippen LogP contribution in [0.1, 0.15) is 46.5 Å². The summed E-state index contributed by atoms with van der Waals surface area (Å²) in [5, 5.41) is 0. The zero-order valence-corrected chi connectivity index (χ0v) is 12.4. The van der Waals surface area contributed by atoms with Crippen LogP contribution in [0.3, 0.4) is 0 Å². The van der Waals surface area contributed by atoms with Crippen LogP contribution < -0.4 is 0 Å². The SMILES string of the molecule is C=C(C)C(=O)OOP(=O)(O)OC1(C)CCC(C)CC1. The summed E-state index contributed by atoms with van der Waals surface area (Å²) < 4.78 is 21.1. The van der Waals surface area contributed by atoms with E-state index < -0.39 is 19.4 Å². The van der Waals surface area contributed by atoms with E-state index in [1.807, 2.05) is 0 Å². The molecule has 1 saturated carbocycles. The van der Waals surface area contributed by atoms with Crippen molar-refractivity contribution in [2.75, 3.05) is 0 Å². The third-order valence-electron chi connectivity index (χ3n) is 3.22. The molecular weight excluding hydrogens is 271 g/mol. The summed E-state index contributed by atoms with van der Waals surface area (Å²) in [6.45, 7) is 8.61. The molecule has 0 aromatic rings. The lowest BCUT2D eigenvalue weighted by Gasteiger charge is -2.36. The highest BCUT2D eigenvalue weighted by Crippen LogP contribution is 2.51. The molecule has 1 atom stereocenters. The second-order valence-electron chi connectivity index (χ2n) is 5.42.